The Labute approximate surface area is 69.8 Å². The topological polar surface area (TPSA) is 26.9 Å². The van der Waals surface area contributed by atoms with Gasteiger partial charge in [-0.25, -0.2) is 0 Å². The van der Waals surface area contributed by atoms with Crippen LogP contribution in [0.4, 0.5) is 0 Å². The first-order valence-corrected chi connectivity index (χ1v) is 3.68. The summed E-state index contributed by atoms with van der Waals surface area (Å²) in [6.45, 7) is 0. The van der Waals surface area contributed by atoms with Gasteiger partial charge in [0.1, 0.15) is 5.69 Å². The van der Waals surface area contributed by atoms with Gasteiger partial charge in [0.05, 0.1) is 0 Å². The maximum absolute atomic E-state index is 10.5. The van der Waals surface area contributed by atoms with Crippen molar-refractivity contribution in [1.82, 2.24) is 9.35 Å². The first kappa shape index (κ1) is 6.91. The summed E-state index contributed by atoms with van der Waals surface area (Å²) in [6, 6.07) is 7.43. The summed E-state index contributed by atoms with van der Waals surface area (Å²) in [6.07, 6.45) is 6.43. The molecule has 0 N–H and O–H groups in total. The Bertz CT molecular complexity index is 373. The fourth-order valence-electron chi connectivity index (χ4n) is 1.16. The minimum atomic E-state index is 0.645. The van der Waals surface area contributed by atoms with E-state index in [9.17, 15) is 4.79 Å². The fraction of sp³-hybridized carbons (Fsp3) is 0. The molecule has 0 saturated carbocycles. The van der Waals surface area contributed by atoms with Crippen LogP contribution in [0.2, 0.25) is 0 Å². The highest BCUT2D eigenvalue weighted by Crippen LogP contribution is 2.00. The molecule has 0 atom stereocenters. The second-order valence-corrected chi connectivity index (χ2v) is 2.46. The predicted octanol–water partition coefficient (Wildman–Crippen LogP) is 1.41. The summed E-state index contributed by atoms with van der Waals surface area (Å²) in [7, 11) is 0. The summed E-state index contributed by atoms with van der Waals surface area (Å²) in [4.78, 5) is 10.5. The van der Waals surface area contributed by atoms with Crippen LogP contribution in [0.1, 0.15) is 10.5 Å². The molecule has 0 aliphatic rings. The molecule has 0 radical (unpaired) electrons. The van der Waals surface area contributed by atoms with Gasteiger partial charge in [-0.1, -0.05) is 0 Å². The van der Waals surface area contributed by atoms with Crippen LogP contribution >= 0.6 is 0 Å². The molecule has 2 rings (SSSR count). The number of aldehydes is 1. The smallest absolute Gasteiger partial charge is 0.168 e. The average Bonchev–Trinajstić information content (AvgIpc) is 2.74. The molecule has 2 aromatic heterocycles. The molecule has 2 heterocycles. The highest BCUT2D eigenvalue weighted by Gasteiger charge is 1.97. The first-order chi connectivity index (χ1) is 5.92. The number of hydrogen-bond acceptors (Lipinski definition) is 1. The Morgan fingerprint density at radius 2 is 1.83 bits per heavy atom. The van der Waals surface area contributed by atoms with Gasteiger partial charge in [0, 0.05) is 18.6 Å². The van der Waals surface area contributed by atoms with Crippen molar-refractivity contribution in [2.24, 2.45) is 0 Å². The molecule has 3 heteroatoms. The van der Waals surface area contributed by atoms with E-state index in [-0.39, 0.29) is 0 Å². The van der Waals surface area contributed by atoms with Gasteiger partial charge < -0.3 is 0 Å². The van der Waals surface area contributed by atoms with E-state index in [1.807, 2.05) is 41.5 Å². The van der Waals surface area contributed by atoms with Crippen molar-refractivity contribution in [3.05, 3.63) is 48.5 Å². The zero-order valence-corrected chi connectivity index (χ0v) is 6.42. The fourth-order valence-corrected chi connectivity index (χ4v) is 1.16. The summed E-state index contributed by atoms with van der Waals surface area (Å²) in [5.41, 5.74) is 0.645. The number of carbonyl (C=O) groups is 1. The SMILES string of the molecule is O=Cc1cccn1-n1cccc1. The van der Waals surface area contributed by atoms with Crippen molar-refractivity contribution in [3.63, 3.8) is 0 Å². The lowest BCUT2D eigenvalue weighted by atomic mass is 10.5. The summed E-state index contributed by atoms with van der Waals surface area (Å²) >= 11 is 0. The summed E-state index contributed by atoms with van der Waals surface area (Å²) in [5.74, 6) is 0. The lowest BCUT2D eigenvalue weighted by Gasteiger charge is -2.04. The molecule has 3 nitrogen and oxygen atoms in total. The Hall–Kier alpha value is -1.77. The van der Waals surface area contributed by atoms with E-state index >= 15 is 0 Å². The van der Waals surface area contributed by atoms with E-state index in [0.29, 0.717) is 5.69 Å². The third-order valence-corrected chi connectivity index (χ3v) is 1.72. The molecule has 0 saturated heterocycles. The summed E-state index contributed by atoms with van der Waals surface area (Å²) in [5, 5.41) is 0. The van der Waals surface area contributed by atoms with Crippen LogP contribution in [0.25, 0.3) is 0 Å². The molecule has 2 aromatic rings. The van der Waals surface area contributed by atoms with Crippen molar-refractivity contribution in [2.75, 3.05) is 0 Å². The van der Waals surface area contributed by atoms with E-state index in [4.69, 9.17) is 0 Å². The molecule has 0 bridgehead atoms. The van der Waals surface area contributed by atoms with E-state index < -0.39 is 0 Å². The predicted molar refractivity (Wildman–Crippen MR) is 45.0 cm³/mol. The van der Waals surface area contributed by atoms with Crippen molar-refractivity contribution < 1.29 is 4.79 Å². The number of nitrogens with zero attached hydrogens (tertiary/aromatic N) is 2. The molecule has 0 amide bonds. The zero-order valence-electron chi connectivity index (χ0n) is 6.42. The van der Waals surface area contributed by atoms with Crippen LogP contribution in [-0.2, 0) is 0 Å². The second kappa shape index (κ2) is 2.70. The minimum absolute atomic E-state index is 0.645. The molecule has 0 aromatic carbocycles. The maximum Gasteiger partial charge on any atom is 0.168 e. The zero-order chi connectivity index (χ0) is 8.39. The Morgan fingerprint density at radius 3 is 2.50 bits per heavy atom. The van der Waals surface area contributed by atoms with Crippen LogP contribution in [-0.4, -0.2) is 15.6 Å². The lowest BCUT2D eigenvalue weighted by Crippen LogP contribution is -2.07. The molecule has 0 unspecified atom stereocenters. The van der Waals surface area contributed by atoms with Crippen molar-refractivity contribution in [1.29, 1.82) is 0 Å². The number of carbonyl (C=O) groups excluding carboxylic acids is 1. The van der Waals surface area contributed by atoms with Crippen molar-refractivity contribution in [2.45, 2.75) is 0 Å². The van der Waals surface area contributed by atoms with Crippen LogP contribution < -0.4 is 0 Å². The van der Waals surface area contributed by atoms with E-state index in [2.05, 4.69) is 0 Å². The van der Waals surface area contributed by atoms with E-state index in [0.717, 1.165) is 6.29 Å². The Morgan fingerprint density at radius 1 is 1.08 bits per heavy atom. The van der Waals surface area contributed by atoms with E-state index in [1.165, 1.54) is 0 Å². The second-order valence-electron chi connectivity index (χ2n) is 2.46. The van der Waals surface area contributed by atoms with Crippen molar-refractivity contribution in [3.8, 4) is 0 Å². The number of hydrogen-bond donors (Lipinski definition) is 0. The van der Waals surface area contributed by atoms with Gasteiger partial charge in [-0.2, -0.15) is 0 Å². The van der Waals surface area contributed by atoms with Crippen LogP contribution in [0.5, 0.6) is 0 Å². The van der Waals surface area contributed by atoms with Crippen LogP contribution in [0.3, 0.4) is 0 Å². The van der Waals surface area contributed by atoms with Crippen LogP contribution in [0.15, 0.2) is 42.9 Å². The number of aromatic nitrogens is 2. The quantitative estimate of drug-likeness (QED) is 0.610. The molecular formula is C9H8N2O. The normalized spacial score (nSPS) is 10.0. The molecule has 12 heavy (non-hydrogen) atoms. The third-order valence-electron chi connectivity index (χ3n) is 1.72. The summed E-state index contributed by atoms with van der Waals surface area (Å²) < 4.78 is 3.61. The highest BCUT2D eigenvalue weighted by atomic mass is 16.1. The monoisotopic (exact) mass is 160 g/mol. The molecule has 0 spiro atoms. The van der Waals surface area contributed by atoms with Crippen LogP contribution in [0, 0.1) is 0 Å². The van der Waals surface area contributed by atoms with Gasteiger partial charge in [0.25, 0.3) is 0 Å². The average molecular weight is 160 g/mol. The maximum atomic E-state index is 10.5. The van der Waals surface area contributed by atoms with Gasteiger partial charge in [0.2, 0.25) is 0 Å². The largest absolute Gasteiger partial charge is 0.296 e. The van der Waals surface area contributed by atoms with Gasteiger partial charge in [-0.15, -0.1) is 0 Å². The number of rotatable bonds is 2. The Kier molecular flexibility index (Phi) is 1.55. The lowest BCUT2D eigenvalue weighted by molar-refractivity contribution is 0.111. The molecule has 0 fully saturated rings. The van der Waals surface area contributed by atoms with Gasteiger partial charge >= 0.3 is 0 Å². The van der Waals surface area contributed by atoms with Gasteiger partial charge in [-0.05, 0) is 24.3 Å². The Balaban J connectivity index is 2.53. The molecular weight excluding hydrogens is 152 g/mol. The highest BCUT2D eigenvalue weighted by molar-refractivity contribution is 5.72. The molecule has 0 aliphatic carbocycles. The molecule has 60 valence electrons. The van der Waals surface area contributed by atoms with E-state index in [1.54, 1.807) is 10.7 Å². The minimum Gasteiger partial charge on any atom is -0.296 e. The van der Waals surface area contributed by atoms with Gasteiger partial charge in [-0.3, -0.25) is 14.1 Å². The third kappa shape index (κ3) is 0.955. The van der Waals surface area contributed by atoms with Crippen molar-refractivity contribution >= 4 is 6.29 Å². The molecule has 0 aliphatic heterocycles. The van der Waals surface area contributed by atoms with Gasteiger partial charge in [0.15, 0.2) is 6.29 Å². The standard InChI is InChI=1S/C9H8N2O/c12-8-9-4-3-7-11(9)10-5-1-2-6-10/h1-8H. The first-order valence-electron chi connectivity index (χ1n) is 3.68.